The first-order chi connectivity index (χ1) is 19.6. The van der Waals surface area contributed by atoms with Gasteiger partial charge in [0.25, 0.3) is 0 Å². The van der Waals surface area contributed by atoms with E-state index in [1.165, 1.54) is 5.56 Å². The Bertz CT molecular complexity index is 1600. The van der Waals surface area contributed by atoms with Crippen LogP contribution >= 0.6 is 11.3 Å². The summed E-state index contributed by atoms with van der Waals surface area (Å²) in [6.45, 7) is 8.96. The summed E-state index contributed by atoms with van der Waals surface area (Å²) in [4.78, 5) is 27.7. The third kappa shape index (κ3) is 6.32. The summed E-state index contributed by atoms with van der Waals surface area (Å²) < 4.78 is 1.90. The lowest BCUT2D eigenvalue weighted by atomic mass is 10.0. The summed E-state index contributed by atoms with van der Waals surface area (Å²) in [6.07, 6.45) is 8.85. The highest BCUT2D eigenvalue weighted by atomic mass is 32.1. The number of nitrogens with zero attached hydrogens (tertiary/aromatic N) is 4. The molecule has 6 rings (SSSR count). The Kier molecular flexibility index (Phi) is 9.04. The largest absolute Gasteiger partial charge is 0.325 e. The van der Waals surface area contributed by atoms with Gasteiger partial charge in [-0.3, -0.25) is 9.47 Å². The molecule has 5 aromatic rings. The van der Waals surface area contributed by atoms with Gasteiger partial charge in [-0.25, -0.2) is 14.8 Å². The second-order valence-electron chi connectivity index (χ2n) is 10.1. The zero-order chi connectivity index (χ0) is 27.9. The van der Waals surface area contributed by atoms with E-state index >= 15 is 0 Å². The van der Waals surface area contributed by atoms with Crippen molar-refractivity contribution in [3.63, 3.8) is 0 Å². The number of aromatic amines is 1. The monoisotopic (exact) mass is 551 g/mol. The van der Waals surface area contributed by atoms with Crippen molar-refractivity contribution in [2.75, 3.05) is 13.1 Å². The molecular formula is C33H37N5OS. The first-order valence-corrected chi connectivity index (χ1v) is 15.0. The van der Waals surface area contributed by atoms with Crippen LogP contribution in [0.1, 0.15) is 50.9 Å². The molecule has 0 spiro atoms. The third-order valence-electron chi connectivity index (χ3n) is 7.45. The molecule has 40 heavy (non-hydrogen) atoms. The quantitative estimate of drug-likeness (QED) is 0.222. The Balaban J connectivity index is 0.000000758. The van der Waals surface area contributed by atoms with Crippen molar-refractivity contribution in [1.29, 1.82) is 0 Å². The van der Waals surface area contributed by atoms with E-state index in [0.717, 1.165) is 78.1 Å². The molecule has 0 radical (unpaired) electrons. The number of fused-ring (bicyclic) bond motifs is 1. The number of allylic oxidation sites excluding steroid dienone is 2. The van der Waals surface area contributed by atoms with Crippen LogP contribution in [0, 0.1) is 0 Å². The number of H-pyrrole nitrogens is 1. The lowest BCUT2D eigenvalue weighted by Crippen LogP contribution is -2.36. The minimum atomic E-state index is 0.0273. The number of aryl methyl sites for hydroxylation is 1. The van der Waals surface area contributed by atoms with Crippen LogP contribution in [0.2, 0.25) is 0 Å². The number of piperidine rings is 1. The van der Waals surface area contributed by atoms with Gasteiger partial charge in [-0.2, -0.15) is 0 Å². The van der Waals surface area contributed by atoms with E-state index in [4.69, 9.17) is 9.97 Å². The number of hydrogen-bond donors (Lipinski definition) is 1. The fourth-order valence-corrected chi connectivity index (χ4v) is 5.76. The van der Waals surface area contributed by atoms with Crippen molar-refractivity contribution in [2.24, 2.45) is 0 Å². The van der Waals surface area contributed by atoms with Gasteiger partial charge in [-0.05, 0) is 38.7 Å². The topological polar surface area (TPSA) is 66.8 Å². The molecule has 3 aromatic heterocycles. The fraction of sp³-hybridized carbons (Fsp3) is 0.303. The second kappa shape index (κ2) is 13.0. The summed E-state index contributed by atoms with van der Waals surface area (Å²) in [5, 5.41) is 4.11. The van der Waals surface area contributed by atoms with Gasteiger partial charge in [0.05, 0.1) is 11.4 Å². The smallest absolute Gasteiger partial charge is 0.310 e. The number of imidazole rings is 1. The van der Waals surface area contributed by atoms with Gasteiger partial charge in [0.2, 0.25) is 0 Å². The van der Waals surface area contributed by atoms with Crippen molar-refractivity contribution in [3.05, 3.63) is 105 Å². The second-order valence-corrected chi connectivity index (χ2v) is 10.9. The molecule has 1 fully saturated rings. The van der Waals surface area contributed by atoms with Gasteiger partial charge in [0, 0.05) is 59.5 Å². The zero-order valence-electron chi connectivity index (χ0n) is 23.5. The standard InChI is InChI=1S/C29H29N5OS.C4H8/c1-2-23-17-34(29(35)30-23)24-12-14-33(15-13-24)16-20-8-10-22(11-9-20)28-27(21-6-4-3-5-7-21)31-25-18-36-19-26(25)32-28;1-3-4-2/h3-11,17-19,24H,2,12-16H2,1H3,(H,30,35);3-4H,1-2H3/b;4-3-. The first kappa shape index (κ1) is 27.7. The van der Waals surface area contributed by atoms with Crippen molar-refractivity contribution in [1.82, 2.24) is 24.4 Å². The lowest BCUT2D eigenvalue weighted by Gasteiger charge is -2.32. The molecule has 1 aliphatic rings. The van der Waals surface area contributed by atoms with Crippen LogP contribution in [0.25, 0.3) is 33.5 Å². The predicted molar refractivity (Wildman–Crippen MR) is 167 cm³/mol. The first-order valence-electron chi connectivity index (χ1n) is 14.1. The molecule has 0 saturated carbocycles. The Morgan fingerprint density at radius 2 is 1.50 bits per heavy atom. The van der Waals surface area contributed by atoms with Crippen LogP contribution in [0.3, 0.4) is 0 Å². The molecule has 0 bridgehead atoms. The molecule has 0 aliphatic carbocycles. The summed E-state index contributed by atoms with van der Waals surface area (Å²) in [5.41, 5.74) is 8.20. The number of likely N-dealkylation sites (tertiary alicyclic amines) is 1. The summed E-state index contributed by atoms with van der Waals surface area (Å²) in [5.74, 6) is 0. The summed E-state index contributed by atoms with van der Waals surface area (Å²) >= 11 is 1.63. The highest BCUT2D eigenvalue weighted by molar-refractivity contribution is 7.09. The molecular weight excluding hydrogens is 514 g/mol. The molecule has 2 aromatic carbocycles. The van der Waals surface area contributed by atoms with Crippen LogP contribution < -0.4 is 5.69 Å². The number of nitrogens with one attached hydrogen (secondary N) is 1. The van der Waals surface area contributed by atoms with Crippen LogP contribution in [-0.2, 0) is 13.0 Å². The summed E-state index contributed by atoms with van der Waals surface area (Å²) in [6, 6.07) is 19.3. The van der Waals surface area contributed by atoms with E-state index in [1.807, 2.05) is 55.0 Å². The van der Waals surface area contributed by atoms with Gasteiger partial charge >= 0.3 is 5.69 Å². The molecule has 0 atom stereocenters. The van der Waals surface area contributed by atoms with Gasteiger partial charge in [-0.1, -0.05) is 73.7 Å². The van der Waals surface area contributed by atoms with Crippen molar-refractivity contribution in [3.8, 4) is 22.5 Å². The van der Waals surface area contributed by atoms with E-state index in [0.29, 0.717) is 0 Å². The minimum Gasteiger partial charge on any atom is -0.310 e. The van der Waals surface area contributed by atoms with Crippen LogP contribution in [0.15, 0.2) is 88.5 Å². The van der Waals surface area contributed by atoms with Gasteiger partial charge < -0.3 is 4.98 Å². The minimum absolute atomic E-state index is 0.0273. The molecule has 0 amide bonds. The average molecular weight is 552 g/mol. The van der Waals surface area contributed by atoms with E-state index < -0.39 is 0 Å². The summed E-state index contributed by atoms with van der Waals surface area (Å²) in [7, 11) is 0. The van der Waals surface area contributed by atoms with E-state index in [2.05, 4.69) is 64.0 Å². The van der Waals surface area contributed by atoms with Crippen LogP contribution in [0.5, 0.6) is 0 Å². The average Bonchev–Trinajstić information content (AvgIpc) is 3.63. The fourth-order valence-electron chi connectivity index (χ4n) is 5.09. The molecule has 1 N–H and O–H groups in total. The van der Waals surface area contributed by atoms with Gasteiger partial charge in [0.15, 0.2) is 0 Å². The maximum Gasteiger partial charge on any atom is 0.325 e. The Morgan fingerprint density at radius 3 is 2.05 bits per heavy atom. The molecule has 1 aliphatic heterocycles. The van der Waals surface area contributed by atoms with E-state index in [1.54, 1.807) is 11.3 Å². The van der Waals surface area contributed by atoms with Gasteiger partial charge in [0.1, 0.15) is 11.0 Å². The molecule has 206 valence electrons. The molecule has 7 heteroatoms. The van der Waals surface area contributed by atoms with Crippen molar-refractivity contribution in [2.45, 2.75) is 52.6 Å². The zero-order valence-corrected chi connectivity index (χ0v) is 24.3. The molecule has 0 unspecified atom stereocenters. The lowest BCUT2D eigenvalue weighted by molar-refractivity contribution is 0.178. The van der Waals surface area contributed by atoms with Crippen molar-refractivity contribution < 1.29 is 0 Å². The maximum atomic E-state index is 12.3. The van der Waals surface area contributed by atoms with E-state index in [-0.39, 0.29) is 11.7 Å². The Morgan fingerprint density at radius 1 is 0.900 bits per heavy atom. The Hall–Kier alpha value is -3.81. The molecule has 4 heterocycles. The normalized spacial score (nSPS) is 14.5. The number of rotatable bonds is 6. The number of benzene rings is 2. The number of aromatic nitrogens is 4. The molecule has 1 saturated heterocycles. The highest BCUT2D eigenvalue weighted by Gasteiger charge is 2.22. The van der Waals surface area contributed by atoms with Crippen LogP contribution in [0.4, 0.5) is 0 Å². The van der Waals surface area contributed by atoms with Crippen molar-refractivity contribution >= 4 is 22.4 Å². The third-order valence-corrected chi connectivity index (χ3v) is 8.17. The SMILES string of the molecule is C/C=C\C.CCc1cn(C2CCN(Cc3ccc(-c4nc5cscc5nc4-c4ccccc4)cc3)CC2)c(=O)[nH]1. The highest BCUT2D eigenvalue weighted by Crippen LogP contribution is 2.32. The molecule has 6 nitrogen and oxygen atoms in total. The predicted octanol–water partition coefficient (Wildman–Crippen LogP) is 7.50. The van der Waals surface area contributed by atoms with Gasteiger partial charge in [-0.15, -0.1) is 11.3 Å². The Labute approximate surface area is 240 Å². The van der Waals surface area contributed by atoms with E-state index in [9.17, 15) is 4.79 Å². The number of thiophene rings is 1. The number of hydrogen-bond acceptors (Lipinski definition) is 5. The maximum absolute atomic E-state index is 12.3. The van der Waals surface area contributed by atoms with Crippen LogP contribution in [-0.4, -0.2) is 37.5 Å².